The molecule has 0 bridgehead atoms. The number of carbonyl (C=O) groups excluding carboxylic acids is 1. The fourth-order valence-electron chi connectivity index (χ4n) is 3.08. The third-order valence-electron chi connectivity index (χ3n) is 4.53. The summed E-state index contributed by atoms with van der Waals surface area (Å²) in [6.45, 7) is 3.46. The molecule has 0 radical (unpaired) electrons. The maximum absolute atomic E-state index is 11.6. The van der Waals surface area contributed by atoms with Crippen LogP contribution in [0.2, 0.25) is 0 Å². The van der Waals surface area contributed by atoms with Crippen LogP contribution in [-0.2, 0) is 17.0 Å². The molecule has 2 N–H and O–H groups in total. The molecule has 0 atom stereocenters. The lowest BCUT2D eigenvalue weighted by Crippen LogP contribution is -2.11. The van der Waals surface area contributed by atoms with E-state index in [4.69, 9.17) is 10.00 Å². The van der Waals surface area contributed by atoms with Crippen molar-refractivity contribution < 1.29 is 9.53 Å². The van der Waals surface area contributed by atoms with E-state index in [0.29, 0.717) is 28.8 Å². The summed E-state index contributed by atoms with van der Waals surface area (Å²) >= 11 is 1.81. The number of nitrogens with zero attached hydrogens (tertiary/aromatic N) is 3. The first kappa shape index (κ1) is 20.4. The molecule has 2 aromatic carbocycles. The highest BCUT2D eigenvalue weighted by Gasteiger charge is 2.20. The lowest BCUT2D eigenvalue weighted by molar-refractivity contribution is -0.111. The van der Waals surface area contributed by atoms with E-state index < -0.39 is 0 Å². The molecule has 31 heavy (non-hydrogen) atoms. The second kappa shape index (κ2) is 9.32. The Hall–Kier alpha value is -3.83. The number of rotatable bonds is 6. The lowest BCUT2D eigenvalue weighted by Gasteiger charge is -2.19. The molecule has 1 amide bonds. The average Bonchev–Trinajstić information content (AvgIpc) is 2.79. The van der Waals surface area contributed by atoms with Gasteiger partial charge in [0.2, 0.25) is 17.7 Å². The van der Waals surface area contributed by atoms with Gasteiger partial charge in [-0.1, -0.05) is 18.7 Å². The number of nitriles is 1. The summed E-state index contributed by atoms with van der Waals surface area (Å²) in [6, 6.07) is 16.4. The minimum Gasteiger partial charge on any atom is -0.438 e. The van der Waals surface area contributed by atoms with Crippen molar-refractivity contribution in [3.8, 4) is 17.7 Å². The number of aromatic nitrogens is 2. The normalized spacial score (nSPS) is 12.2. The number of hydrogen-bond donors (Lipinski definition) is 2. The molecule has 0 spiro atoms. The van der Waals surface area contributed by atoms with Crippen LogP contribution in [0.1, 0.15) is 16.8 Å². The van der Waals surface area contributed by atoms with Gasteiger partial charge in [0.1, 0.15) is 5.75 Å². The van der Waals surface area contributed by atoms with Crippen LogP contribution in [0.15, 0.2) is 61.2 Å². The van der Waals surface area contributed by atoms with Crippen molar-refractivity contribution in [2.24, 2.45) is 0 Å². The number of fused-ring (bicyclic) bond motifs is 1. The van der Waals surface area contributed by atoms with E-state index in [9.17, 15) is 4.79 Å². The number of anilines is 3. The number of thioether (sulfide) groups is 1. The summed E-state index contributed by atoms with van der Waals surface area (Å²) in [7, 11) is 0. The molecule has 7 nitrogen and oxygen atoms in total. The van der Waals surface area contributed by atoms with Crippen molar-refractivity contribution in [2.75, 3.05) is 16.4 Å². The number of aryl methyl sites for hydroxylation is 1. The molecule has 2 heterocycles. The Balaban J connectivity index is 1.64. The summed E-state index contributed by atoms with van der Waals surface area (Å²) in [4.78, 5) is 20.8. The smallest absolute Gasteiger partial charge is 0.247 e. The molecular formula is C23H19N5O2S. The summed E-state index contributed by atoms with van der Waals surface area (Å²) in [5.74, 6) is 2.89. The number of carbonyl (C=O) groups is 1. The van der Waals surface area contributed by atoms with Gasteiger partial charge in [-0.2, -0.15) is 22.0 Å². The van der Waals surface area contributed by atoms with E-state index in [1.807, 2.05) is 17.8 Å². The van der Waals surface area contributed by atoms with Gasteiger partial charge < -0.3 is 15.4 Å². The molecule has 0 saturated carbocycles. The van der Waals surface area contributed by atoms with Gasteiger partial charge in [-0.25, -0.2) is 4.98 Å². The Labute approximate surface area is 184 Å². The number of ether oxygens (including phenoxy) is 1. The standard InChI is InChI=1S/C23H19N5O2S/c1-2-21(29)25-17-7-4-8-18(12-17)30-22-19-14-31-10-9-20(19)27-23(28-22)26-16-6-3-5-15(11-16)13-24/h2-8,11-12H,1,9-10,14H2,(H,25,29)(H,26,27,28). The van der Waals surface area contributed by atoms with Crippen LogP contribution >= 0.6 is 11.8 Å². The summed E-state index contributed by atoms with van der Waals surface area (Å²) < 4.78 is 6.12. The molecule has 0 unspecified atom stereocenters. The quantitative estimate of drug-likeness (QED) is 0.543. The number of nitrogens with one attached hydrogen (secondary N) is 2. The molecule has 1 aliphatic heterocycles. The van der Waals surface area contributed by atoms with E-state index in [2.05, 4.69) is 33.2 Å². The molecule has 0 aliphatic carbocycles. The zero-order valence-electron chi connectivity index (χ0n) is 16.6. The van der Waals surface area contributed by atoms with Crippen LogP contribution in [0.3, 0.4) is 0 Å². The fraction of sp³-hybridized carbons (Fsp3) is 0.130. The zero-order valence-corrected chi connectivity index (χ0v) is 17.4. The molecule has 1 aliphatic rings. The van der Waals surface area contributed by atoms with Crippen molar-refractivity contribution in [3.05, 3.63) is 78.0 Å². The first-order chi connectivity index (χ1) is 15.1. The highest BCUT2D eigenvalue weighted by atomic mass is 32.2. The van der Waals surface area contributed by atoms with Crippen molar-refractivity contribution in [2.45, 2.75) is 12.2 Å². The molecule has 8 heteroatoms. The third kappa shape index (κ3) is 5.02. The Bertz CT molecular complexity index is 1190. The maximum Gasteiger partial charge on any atom is 0.247 e. The van der Waals surface area contributed by atoms with Gasteiger partial charge in [-0.05, 0) is 48.6 Å². The third-order valence-corrected chi connectivity index (χ3v) is 5.52. The van der Waals surface area contributed by atoms with E-state index in [-0.39, 0.29) is 5.91 Å². The number of benzene rings is 2. The predicted molar refractivity (Wildman–Crippen MR) is 122 cm³/mol. The van der Waals surface area contributed by atoms with E-state index >= 15 is 0 Å². The maximum atomic E-state index is 11.6. The highest BCUT2D eigenvalue weighted by molar-refractivity contribution is 7.98. The summed E-state index contributed by atoms with van der Waals surface area (Å²) in [5, 5.41) is 15.0. The van der Waals surface area contributed by atoms with Gasteiger partial charge in [0.05, 0.1) is 17.3 Å². The lowest BCUT2D eigenvalue weighted by atomic mass is 10.2. The monoisotopic (exact) mass is 429 g/mol. The number of amides is 1. The van der Waals surface area contributed by atoms with Gasteiger partial charge in [0.15, 0.2) is 0 Å². The Morgan fingerprint density at radius 3 is 2.87 bits per heavy atom. The Morgan fingerprint density at radius 2 is 2.03 bits per heavy atom. The highest BCUT2D eigenvalue weighted by Crippen LogP contribution is 2.34. The van der Waals surface area contributed by atoms with Gasteiger partial charge in [0, 0.05) is 28.8 Å². The van der Waals surface area contributed by atoms with Gasteiger partial charge in [-0.15, -0.1) is 0 Å². The number of hydrogen-bond acceptors (Lipinski definition) is 7. The van der Waals surface area contributed by atoms with Crippen LogP contribution in [0.4, 0.5) is 17.3 Å². The second-order valence-electron chi connectivity index (χ2n) is 6.72. The second-order valence-corrected chi connectivity index (χ2v) is 7.83. The molecular weight excluding hydrogens is 410 g/mol. The molecule has 0 saturated heterocycles. The molecule has 4 rings (SSSR count). The summed E-state index contributed by atoms with van der Waals surface area (Å²) in [5.41, 5.74) is 3.79. The average molecular weight is 430 g/mol. The Morgan fingerprint density at radius 1 is 1.19 bits per heavy atom. The molecule has 154 valence electrons. The SMILES string of the molecule is C=CC(=O)Nc1cccc(Oc2nc(Nc3cccc(C#N)c3)nc3c2CSCC3)c1. The first-order valence-corrected chi connectivity index (χ1v) is 10.8. The topological polar surface area (TPSA) is 99.9 Å². The van der Waals surface area contributed by atoms with Gasteiger partial charge in [0.25, 0.3) is 0 Å². The fourth-order valence-corrected chi connectivity index (χ4v) is 4.06. The van der Waals surface area contributed by atoms with Gasteiger partial charge >= 0.3 is 0 Å². The first-order valence-electron chi connectivity index (χ1n) is 9.60. The van der Waals surface area contributed by atoms with Crippen molar-refractivity contribution >= 4 is 35.0 Å². The van der Waals surface area contributed by atoms with Crippen LogP contribution < -0.4 is 15.4 Å². The van der Waals surface area contributed by atoms with Crippen molar-refractivity contribution in [1.82, 2.24) is 9.97 Å². The van der Waals surface area contributed by atoms with E-state index in [1.54, 1.807) is 42.5 Å². The van der Waals surface area contributed by atoms with Crippen LogP contribution in [-0.4, -0.2) is 21.6 Å². The summed E-state index contributed by atoms with van der Waals surface area (Å²) in [6.07, 6.45) is 2.03. The minimum atomic E-state index is -0.293. The van der Waals surface area contributed by atoms with Crippen LogP contribution in [0, 0.1) is 11.3 Å². The molecule has 0 fully saturated rings. The van der Waals surface area contributed by atoms with E-state index in [1.165, 1.54) is 6.08 Å². The molecule has 3 aromatic rings. The van der Waals surface area contributed by atoms with Crippen LogP contribution in [0.25, 0.3) is 0 Å². The van der Waals surface area contributed by atoms with Crippen molar-refractivity contribution in [1.29, 1.82) is 5.26 Å². The van der Waals surface area contributed by atoms with Gasteiger partial charge in [-0.3, -0.25) is 4.79 Å². The predicted octanol–water partition coefficient (Wildman–Crippen LogP) is 4.80. The van der Waals surface area contributed by atoms with Crippen molar-refractivity contribution in [3.63, 3.8) is 0 Å². The Kier molecular flexibility index (Phi) is 6.15. The van der Waals surface area contributed by atoms with Crippen LogP contribution in [0.5, 0.6) is 11.6 Å². The zero-order chi connectivity index (χ0) is 21.6. The largest absolute Gasteiger partial charge is 0.438 e. The minimum absolute atomic E-state index is 0.293. The molecule has 1 aromatic heterocycles. The van der Waals surface area contributed by atoms with E-state index in [0.717, 1.165) is 34.9 Å².